The number of carbonyl (C=O) groups excluding carboxylic acids is 1. The molecule has 1 aromatic heterocycles. The fourth-order valence-electron chi connectivity index (χ4n) is 2.84. The third-order valence-electron chi connectivity index (χ3n) is 3.90. The van der Waals surface area contributed by atoms with Gasteiger partial charge >= 0.3 is 0 Å². The van der Waals surface area contributed by atoms with Crippen LogP contribution in [0.1, 0.15) is 47.8 Å². The van der Waals surface area contributed by atoms with Crippen molar-refractivity contribution in [2.75, 3.05) is 0 Å². The number of carbonyl (C=O) groups is 1. The summed E-state index contributed by atoms with van der Waals surface area (Å²) in [5.74, 6) is 1.07. The molecule has 110 valence electrons. The zero-order valence-electron chi connectivity index (χ0n) is 12.3. The van der Waals surface area contributed by atoms with Crippen molar-refractivity contribution in [3.8, 4) is 5.75 Å². The Kier molecular flexibility index (Phi) is 4.04. The van der Waals surface area contributed by atoms with Gasteiger partial charge in [-0.2, -0.15) is 0 Å². The van der Waals surface area contributed by atoms with Gasteiger partial charge in [0.25, 0.3) is 0 Å². The summed E-state index contributed by atoms with van der Waals surface area (Å²) in [4.78, 5) is 16.1. The van der Waals surface area contributed by atoms with E-state index in [1.165, 1.54) is 0 Å². The molecule has 0 amide bonds. The van der Waals surface area contributed by atoms with Gasteiger partial charge in [-0.15, -0.1) is 0 Å². The van der Waals surface area contributed by atoms with E-state index in [0.717, 1.165) is 48.4 Å². The number of ether oxygens (including phenoxy) is 1. The molecule has 4 nitrogen and oxygen atoms in total. The summed E-state index contributed by atoms with van der Waals surface area (Å²) >= 11 is 0. The lowest BCUT2D eigenvalue weighted by Crippen LogP contribution is -2.13. The lowest BCUT2D eigenvalue weighted by atomic mass is 9.90. The van der Waals surface area contributed by atoms with Crippen LogP contribution < -0.4 is 4.74 Å². The molecule has 0 unspecified atom stereocenters. The number of rotatable bonds is 5. The zero-order valence-corrected chi connectivity index (χ0v) is 12.3. The highest BCUT2D eigenvalue weighted by Gasteiger charge is 2.20. The first-order valence-electron chi connectivity index (χ1n) is 7.56. The Labute approximate surface area is 124 Å². The van der Waals surface area contributed by atoms with Gasteiger partial charge in [-0.1, -0.05) is 19.1 Å². The average Bonchev–Trinajstić information content (AvgIpc) is 2.93. The van der Waals surface area contributed by atoms with Crippen LogP contribution in [0.15, 0.2) is 30.7 Å². The largest absolute Gasteiger partial charge is 0.487 e. The van der Waals surface area contributed by atoms with Gasteiger partial charge in [0.15, 0.2) is 5.78 Å². The summed E-state index contributed by atoms with van der Waals surface area (Å²) in [6, 6.07) is 5.77. The second-order valence-electron chi connectivity index (χ2n) is 5.43. The van der Waals surface area contributed by atoms with Crippen LogP contribution in [0.5, 0.6) is 5.75 Å². The van der Waals surface area contributed by atoms with E-state index in [0.29, 0.717) is 13.0 Å². The van der Waals surface area contributed by atoms with E-state index in [-0.39, 0.29) is 5.78 Å². The third kappa shape index (κ3) is 2.84. The number of Topliss-reactive ketones (excluding diaryl/α,β-unsaturated/α-hetero) is 1. The predicted molar refractivity (Wildman–Crippen MR) is 80.6 cm³/mol. The van der Waals surface area contributed by atoms with Crippen molar-refractivity contribution in [1.82, 2.24) is 9.55 Å². The smallest absolute Gasteiger partial charge is 0.163 e. The quantitative estimate of drug-likeness (QED) is 0.845. The molecule has 3 rings (SSSR count). The number of fused-ring (bicyclic) bond motifs is 1. The van der Waals surface area contributed by atoms with Crippen molar-refractivity contribution in [3.63, 3.8) is 0 Å². The molecule has 21 heavy (non-hydrogen) atoms. The predicted octanol–water partition coefficient (Wildman–Crippen LogP) is 3.39. The van der Waals surface area contributed by atoms with Crippen LogP contribution in [0.3, 0.4) is 0 Å². The van der Waals surface area contributed by atoms with Crippen molar-refractivity contribution in [1.29, 1.82) is 0 Å². The fourth-order valence-corrected chi connectivity index (χ4v) is 2.84. The highest BCUT2D eigenvalue weighted by molar-refractivity contribution is 5.99. The molecule has 0 aliphatic heterocycles. The number of aryl methyl sites for hydroxylation is 1. The van der Waals surface area contributed by atoms with Crippen LogP contribution >= 0.6 is 0 Å². The van der Waals surface area contributed by atoms with Crippen LogP contribution in [0.4, 0.5) is 0 Å². The molecule has 0 bridgehead atoms. The van der Waals surface area contributed by atoms with E-state index in [1.54, 1.807) is 0 Å². The lowest BCUT2D eigenvalue weighted by molar-refractivity contribution is 0.0971. The zero-order chi connectivity index (χ0) is 14.7. The van der Waals surface area contributed by atoms with Crippen LogP contribution in [0, 0.1) is 0 Å². The second-order valence-corrected chi connectivity index (χ2v) is 5.43. The molecule has 0 saturated heterocycles. The Hall–Kier alpha value is -2.10. The van der Waals surface area contributed by atoms with Gasteiger partial charge < -0.3 is 9.30 Å². The Bertz CT molecular complexity index is 646. The molecule has 4 heteroatoms. The first-order chi connectivity index (χ1) is 10.3. The molecule has 0 spiro atoms. The van der Waals surface area contributed by atoms with Crippen molar-refractivity contribution in [2.24, 2.45) is 0 Å². The van der Waals surface area contributed by atoms with Gasteiger partial charge in [-0.25, -0.2) is 4.98 Å². The molecular formula is C17H20N2O2. The third-order valence-corrected chi connectivity index (χ3v) is 3.90. The van der Waals surface area contributed by atoms with Crippen molar-refractivity contribution in [3.05, 3.63) is 47.5 Å². The van der Waals surface area contributed by atoms with E-state index < -0.39 is 0 Å². The van der Waals surface area contributed by atoms with E-state index in [9.17, 15) is 4.79 Å². The summed E-state index contributed by atoms with van der Waals surface area (Å²) in [6.07, 6.45) is 7.24. The topological polar surface area (TPSA) is 44.1 Å². The molecule has 1 aliphatic rings. The fraction of sp³-hybridized carbons (Fsp3) is 0.412. The first kappa shape index (κ1) is 13.9. The van der Waals surface area contributed by atoms with Crippen LogP contribution in [-0.4, -0.2) is 15.3 Å². The van der Waals surface area contributed by atoms with Crippen molar-refractivity contribution in [2.45, 2.75) is 45.8 Å². The molecular weight excluding hydrogens is 264 g/mol. The van der Waals surface area contributed by atoms with Crippen LogP contribution in [0.25, 0.3) is 0 Å². The van der Waals surface area contributed by atoms with Gasteiger partial charge in [0.2, 0.25) is 0 Å². The number of nitrogens with zero attached hydrogens (tertiary/aromatic N) is 2. The Morgan fingerprint density at radius 2 is 2.24 bits per heavy atom. The summed E-state index contributed by atoms with van der Waals surface area (Å²) in [5.41, 5.74) is 2.97. The molecule has 0 saturated carbocycles. The van der Waals surface area contributed by atoms with Gasteiger partial charge in [0.1, 0.15) is 12.4 Å². The van der Waals surface area contributed by atoms with Gasteiger partial charge in [0.05, 0.1) is 18.2 Å². The average molecular weight is 284 g/mol. The normalized spacial score (nSPS) is 14.0. The van der Waals surface area contributed by atoms with Gasteiger partial charge in [-0.05, 0) is 25.3 Å². The lowest BCUT2D eigenvalue weighted by Gasteiger charge is -2.18. The van der Waals surface area contributed by atoms with Gasteiger partial charge in [0, 0.05) is 24.1 Å². The maximum absolute atomic E-state index is 11.9. The Balaban J connectivity index is 1.78. The summed E-state index contributed by atoms with van der Waals surface area (Å²) in [7, 11) is 0. The summed E-state index contributed by atoms with van der Waals surface area (Å²) in [6.45, 7) is 3.58. The molecule has 1 aromatic carbocycles. The molecule has 2 aromatic rings. The standard InChI is InChI=1S/C17H20N2O2/c1-2-9-19-12-18-10-13(19)11-21-17-8-4-5-14-15(17)6-3-7-16(14)20/h4-5,8,10,12H,2-3,6-7,9,11H2,1H3. The minimum Gasteiger partial charge on any atom is -0.487 e. The van der Waals surface area contributed by atoms with Crippen LogP contribution in [-0.2, 0) is 19.6 Å². The monoisotopic (exact) mass is 284 g/mol. The van der Waals surface area contributed by atoms with Crippen molar-refractivity contribution < 1.29 is 9.53 Å². The molecule has 0 atom stereocenters. The number of benzene rings is 1. The molecule has 0 N–H and O–H groups in total. The Morgan fingerprint density at radius 3 is 3.10 bits per heavy atom. The number of aromatic nitrogens is 2. The molecule has 1 aliphatic carbocycles. The number of hydrogen-bond acceptors (Lipinski definition) is 3. The number of imidazole rings is 1. The molecule has 1 heterocycles. The highest BCUT2D eigenvalue weighted by atomic mass is 16.5. The minimum absolute atomic E-state index is 0.234. The van der Waals surface area contributed by atoms with E-state index in [2.05, 4.69) is 16.5 Å². The Morgan fingerprint density at radius 1 is 1.33 bits per heavy atom. The van der Waals surface area contributed by atoms with Crippen molar-refractivity contribution >= 4 is 5.78 Å². The summed E-state index contributed by atoms with van der Waals surface area (Å²) in [5, 5.41) is 0. The van der Waals surface area contributed by atoms with E-state index in [1.807, 2.05) is 30.7 Å². The maximum Gasteiger partial charge on any atom is 0.163 e. The second kappa shape index (κ2) is 6.12. The van der Waals surface area contributed by atoms with Gasteiger partial charge in [-0.3, -0.25) is 4.79 Å². The number of ketones is 1. The first-order valence-corrected chi connectivity index (χ1v) is 7.56. The SMILES string of the molecule is CCCn1cncc1COc1cccc2c1CCCC2=O. The maximum atomic E-state index is 11.9. The molecule has 0 fully saturated rings. The van der Waals surface area contributed by atoms with E-state index >= 15 is 0 Å². The van der Waals surface area contributed by atoms with Crippen LogP contribution in [0.2, 0.25) is 0 Å². The summed E-state index contributed by atoms with van der Waals surface area (Å²) < 4.78 is 8.08. The number of hydrogen-bond donors (Lipinski definition) is 0. The molecule has 0 radical (unpaired) electrons. The van der Waals surface area contributed by atoms with E-state index in [4.69, 9.17) is 4.74 Å². The minimum atomic E-state index is 0.234. The highest BCUT2D eigenvalue weighted by Crippen LogP contribution is 2.30.